The molecule has 5 rings (SSSR count). The number of nitrogens with one attached hydrogen (secondary N) is 3. The number of rotatable bonds is 17. The maximum Gasteiger partial charge on any atom is 0.323 e. The Bertz CT molecular complexity index is 1560. The normalized spacial score (nSPS) is 24.3. The van der Waals surface area contributed by atoms with E-state index in [1.807, 2.05) is 133 Å². The number of benzene rings is 3. The Kier molecular flexibility index (Phi) is 15.0. The van der Waals surface area contributed by atoms with Crippen molar-refractivity contribution in [1.29, 1.82) is 0 Å². The highest BCUT2D eigenvalue weighted by Crippen LogP contribution is 2.32. The molecule has 0 bridgehead atoms. The molecule has 1 aliphatic heterocycles. The molecule has 1 saturated carbocycles. The minimum Gasteiger partial charge on any atom is -0.464 e. The fourth-order valence-corrected chi connectivity index (χ4v) is 6.84. The van der Waals surface area contributed by atoms with E-state index in [1.165, 1.54) is 0 Å². The molecule has 12 heteroatoms. The second kappa shape index (κ2) is 19.6. The number of hydrogen-bond acceptors (Lipinski definition) is 12. The minimum absolute atomic E-state index is 0.162. The van der Waals surface area contributed by atoms with E-state index in [0.29, 0.717) is 6.42 Å². The van der Waals surface area contributed by atoms with Gasteiger partial charge in [-0.25, -0.2) is 0 Å². The second-order valence-electron chi connectivity index (χ2n) is 16.0. The first-order chi connectivity index (χ1) is 26.3. The van der Waals surface area contributed by atoms with Crippen LogP contribution in [0.3, 0.4) is 0 Å². The van der Waals surface area contributed by atoms with Gasteiger partial charge < -0.3 is 28.4 Å². The average Bonchev–Trinajstić information content (AvgIpc) is 3.55. The van der Waals surface area contributed by atoms with Crippen molar-refractivity contribution >= 4 is 17.9 Å². The maximum absolute atomic E-state index is 13.3. The van der Waals surface area contributed by atoms with Crippen LogP contribution in [0.4, 0.5) is 0 Å². The summed E-state index contributed by atoms with van der Waals surface area (Å²) >= 11 is 0. The van der Waals surface area contributed by atoms with Crippen molar-refractivity contribution in [1.82, 2.24) is 16.0 Å². The summed E-state index contributed by atoms with van der Waals surface area (Å²) in [5, 5.41) is 10.4. The summed E-state index contributed by atoms with van der Waals surface area (Å²) in [7, 11) is 0. The molecule has 12 nitrogen and oxygen atoms in total. The van der Waals surface area contributed by atoms with Gasteiger partial charge in [-0.1, -0.05) is 91.0 Å². The lowest BCUT2D eigenvalue weighted by atomic mass is 9.78. The molecule has 3 N–H and O–H groups in total. The summed E-state index contributed by atoms with van der Waals surface area (Å²) in [5.74, 6) is -1.29. The van der Waals surface area contributed by atoms with Crippen LogP contribution in [0.15, 0.2) is 91.0 Å². The topological polar surface area (TPSA) is 143 Å². The van der Waals surface area contributed by atoms with Crippen LogP contribution >= 0.6 is 0 Å². The van der Waals surface area contributed by atoms with Gasteiger partial charge in [0.1, 0.15) is 17.2 Å². The number of hydrogen-bond donors (Lipinski definition) is 3. The summed E-state index contributed by atoms with van der Waals surface area (Å²) in [4.78, 5) is 39.6. The molecule has 1 unspecified atom stereocenters. The molecule has 0 spiro atoms. The summed E-state index contributed by atoms with van der Waals surface area (Å²) in [6, 6.07) is 26.6. The lowest BCUT2D eigenvalue weighted by Crippen LogP contribution is -2.76. The molecule has 7 atom stereocenters. The molecule has 1 saturated heterocycles. The molecule has 0 radical (unpaired) electrons. The number of carbonyl (C=O) groups excluding carboxylic acids is 3. The first-order valence-corrected chi connectivity index (χ1v) is 19.1. The van der Waals surface area contributed by atoms with Gasteiger partial charge in [0, 0.05) is 6.42 Å². The standard InChI is InChI=1S/C43H57N3O9/c1-42(2,3)54-33(47)24-44-35-38(51-26-29-16-10-7-11-17-29)36(45-25-34(48)55-43(4,5)6)40(53-28-31-20-14-9-15-21-31)37(46-32-22-23-50-41(32)49)39(35)52-27-30-18-12-8-13-19-30/h7-21,32,35-40,44-46H,22-28H2,1-6H3/t32?,35-,36+,37-,38+,39-,40+. The number of carbonyl (C=O) groups is 3. The largest absolute Gasteiger partial charge is 0.464 e. The van der Waals surface area contributed by atoms with Crippen molar-refractivity contribution in [2.45, 2.75) is 121 Å². The Balaban J connectivity index is 1.60. The van der Waals surface area contributed by atoms with Gasteiger partial charge in [-0.3, -0.25) is 30.3 Å². The molecule has 2 aliphatic rings. The van der Waals surface area contributed by atoms with Crippen LogP contribution in [0.25, 0.3) is 0 Å². The molecule has 0 amide bonds. The third-order valence-corrected chi connectivity index (χ3v) is 9.11. The van der Waals surface area contributed by atoms with Crippen molar-refractivity contribution in [2.24, 2.45) is 0 Å². The van der Waals surface area contributed by atoms with Gasteiger partial charge in [-0.2, -0.15) is 0 Å². The van der Waals surface area contributed by atoms with E-state index in [4.69, 9.17) is 28.4 Å². The molecule has 1 aliphatic carbocycles. The predicted octanol–water partition coefficient (Wildman–Crippen LogP) is 4.63. The molecule has 55 heavy (non-hydrogen) atoms. The first-order valence-electron chi connectivity index (χ1n) is 19.1. The third-order valence-electron chi connectivity index (χ3n) is 9.11. The molecule has 1 heterocycles. The molecule has 3 aromatic carbocycles. The van der Waals surface area contributed by atoms with Gasteiger partial charge in [-0.15, -0.1) is 0 Å². The van der Waals surface area contributed by atoms with Gasteiger partial charge in [0.05, 0.1) is 76.0 Å². The lowest BCUT2D eigenvalue weighted by Gasteiger charge is -2.51. The fourth-order valence-electron chi connectivity index (χ4n) is 6.84. The molecular formula is C43H57N3O9. The number of esters is 3. The fraction of sp³-hybridized carbons (Fsp3) is 0.512. The highest BCUT2D eigenvalue weighted by molar-refractivity contribution is 5.77. The lowest BCUT2D eigenvalue weighted by molar-refractivity contribution is -0.171. The smallest absolute Gasteiger partial charge is 0.323 e. The van der Waals surface area contributed by atoms with E-state index >= 15 is 0 Å². The van der Waals surface area contributed by atoms with Gasteiger partial charge in [0.15, 0.2) is 0 Å². The van der Waals surface area contributed by atoms with E-state index < -0.39 is 65.6 Å². The summed E-state index contributed by atoms with van der Waals surface area (Å²) in [6.45, 7) is 11.5. The third kappa shape index (κ3) is 13.2. The van der Waals surface area contributed by atoms with Crippen LogP contribution in [0.1, 0.15) is 64.7 Å². The average molecular weight is 760 g/mol. The first kappa shape index (κ1) is 42.0. The van der Waals surface area contributed by atoms with Crippen LogP contribution in [0.5, 0.6) is 0 Å². The second-order valence-corrected chi connectivity index (χ2v) is 16.0. The van der Waals surface area contributed by atoms with Crippen LogP contribution in [-0.4, -0.2) is 91.3 Å². The monoisotopic (exact) mass is 759 g/mol. The van der Waals surface area contributed by atoms with E-state index in [9.17, 15) is 14.4 Å². The zero-order valence-electron chi connectivity index (χ0n) is 32.8. The van der Waals surface area contributed by atoms with Crippen molar-refractivity contribution in [3.05, 3.63) is 108 Å². The summed E-state index contributed by atoms with van der Waals surface area (Å²) < 4.78 is 37.4. The van der Waals surface area contributed by atoms with Crippen molar-refractivity contribution in [3.8, 4) is 0 Å². The molecule has 3 aromatic rings. The van der Waals surface area contributed by atoms with Crippen molar-refractivity contribution in [3.63, 3.8) is 0 Å². The SMILES string of the molecule is CC(C)(C)OC(=O)CN[C@@H]1[C@H](OCc2ccccc2)[C@H](NCC(=O)OC(C)(C)C)[C@H](OCc2ccccc2)[C@H](NC2CCOC2=O)[C@@H]1OCc1ccccc1. The Morgan fingerprint density at radius 3 is 1.29 bits per heavy atom. The van der Waals surface area contributed by atoms with Crippen molar-refractivity contribution < 1.29 is 42.8 Å². The van der Waals surface area contributed by atoms with Gasteiger partial charge in [0.25, 0.3) is 0 Å². The van der Waals surface area contributed by atoms with E-state index in [2.05, 4.69) is 16.0 Å². The van der Waals surface area contributed by atoms with E-state index in [1.54, 1.807) is 0 Å². The zero-order valence-corrected chi connectivity index (χ0v) is 32.8. The summed E-state index contributed by atoms with van der Waals surface area (Å²) in [6.07, 6.45) is -1.78. The number of ether oxygens (including phenoxy) is 6. The maximum atomic E-state index is 13.3. The van der Waals surface area contributed by atoms with Crippen LogP contribution < -0.4 is 16.0 Å². The zero-order chi connectivity index (χ0) is 39.4. The van der Waals surface area contributed by atoms with Gasteiger partial charge >= 0.3 is 17.9 Å². The molecule has 2 fully saturated rings. The van der Waals surface area contributed by atoms with Crippen LogP contribution in [0.2, 0.25) is 0 Å². The number of cyclic esters (lactones) is 1. The molecule has 298 valence electrons. The highest BCUT2D eigenvalue weighted by atomic mass is 16.6. The quantitative estimate of drug-likeness (QED) is 0.131. The molecular weight excluding hydrogens is 702 g/mol. The Morgan fingerprint density at radius 2 is 0.964 bits per heavy atom. The Labute approximate surface area is 324 Å². The Hall–Kier alpha value is -4.17. The minimum atomic E-state index is -0.750. The van der Waals surface area contributed by atoms with E-state index in [-0.39, 0.29) is 45.5 Å². The highest BCUT2D eigenvalue weighted by Gasteiger charge is 2.54. The van der Waals surface area contributed by atoms with Gasteiger partial charge in [0.2, 0.25) is 0 Å². The van der Waals surface area contributed by atoms with E-state index in [0.717, 1.165) is 16.7 Å². The summed E-state index contributed by atoms with van der Waals surface area (Å²) in [5.41, 5.74) is 1.37. The Morgan fingerprint density at radius 1 is 0.600 bits per heavy atom. The van der Waals surface area contributed by atoms with Crippen LogP contribution in [-0.2, 0) is 62.6 Å². The van der Waals surface area contributed by atoms with Crippen LogP contribution in [0, 0.1) is 0 Å². The predicted molar refractivity (Wildman–Crippen MR) is 207 cm³/mol. The van der Waals surface area contributed by atoms with Crippen molar-refractivity contribution in [2.75, 3.05) is 19.7 Å². The van der Waals surface area contributed by atoms with Gasteiger partial charge in [-0.05, 0) is 58.2 Å². The molecule has 0 aromatic heterocycles.